The zero-order valence-corrected chi connectivity index (χ0v) is 28.8. The SMILES string of the molecule is N#Cc1ccccc1-c1ccc(-c2cc(-c3cccc4c3Sc3ccccc3C43c4ccccc4-c4ccccc43)nc(-c3ccccc3)n2)cc1. The maximum atomic E-state index is 9.72. The number of benzene rings is 7. The molecule has 0 radical (unpaired) electrons. The van der Waals surface area contributed by atoms with Gasteiger partial charge in [0.15, 0.2) is 5.82 Å². The third-order valence-corrected chi connectivity index (χ3v) is 11.7. The molecular weight excluding hydrogens is 651 g/mol. The second-order valence-corrected chi connectivity index (χ2v) is 14.2. The van der Waals surface area contributed by atoms with Gasteiger partial charge in [0, 0.05) is 26.5 Å². The fraction of sp³-hybridized carbons (Fsp3) is 0.0208. The number of nitrogens with zero attached hydrogens (tertiary/aromatic N) is 3. The maximum Gasteiger partial charge on any atom is 0.160 e. The van der Waals surface area contributed by atoms with Gasteiger partial charge in [0.25, 0.3) is 0 Å². The summed E-state index contributed by atoms with van der Waals surface area (Å²) in [4.78, 5) is 12.9. The van der Waals surface area contributed by atoms with Gasteiger partial charge in [-0.1, -0.05) is 169 Å². The fourth-order valence-electron chi connectivity index (χ4n) is 8.18. The summed E-state index contributed by atoms with van der Waals surface area (Å²) >= 11 is 1.83. The first-order valence-electron chi connectivity index (χ1n) is 17.4. The molecule has 0 unspecified atom stereocenters. The zero-order valence-electron chi connectivity index (χ0n) is 28.0. The Kier molecular flexibility index (Phi) is 7.02. The monoisotopic (exact) mass is 679 g/mol. The number of hydrogen-bond donors (Lipinski definition) is 0. The average Bonchev–Trinajstić information content (AvgIpc) is 3.51. The second kappa shape index (κ2) is 12.1. The fourth-order valence-corrected chi connectivity index (χ4v) is 9.49. The number of nitriles is 1. The summed E-state index contributed by atoms with van der Waals surface area (Å²) in [6, 6.07) is 64.2. The van der Waals surface area contributed by atoms with E-state index < -0.39 is 5.41 Å². The van der Waals surface area contributed by atoms with Crippen LogP contribution in [0.1, 0.15) is 27.8 Å². The molecule has 0 amide bonds. The van der Waals surface area contributed by atoms with E-state index in [9.17, 15) is 5.26 Å². The van der Waals surface area contributed by atoms with Gasteiger partial charge in [-0.05, 0) is 62.7 Å². The van der Waals surface area contributed by atoms with Gasteiger partial charge in [-0.25, -0.2) is 9.97 Å². The standard InChI is InChI=1S/C48H29N3S/c49-30-34-15-4-5-16-35(34)31-25-27-32(28-26-31)43-29-44(51-47(50-43)33-13-2-1-3-14-33)38-19-12-23-42-46(38)52-45-24-11-10-22-41(45)48(42)39-20-8-6-17-36(39)37-18-7-9-21-40(37)48/h1-29H. The highest BCUT2D eigenvalue weighted by Gasteiger charge is 2.50. The topological polar surface area (TPSA) is 49.6 Å². The number of fused-ring (bicyclic) bond motifs is 9. The molecule has 0 bridgehead atoms. The van der Waals surface area contributed by atoms with Crippen molar-refractivity contribution < 1.29 is 0 Å². The molecule has 3 nitrogen and oxygen atoms in total. The molecule has 0 saturated heterocycles. The third kappa shape index (κ3) is 4.53. The normalized spacial score (nSPS) is 13.1. The van der Waals surface area contributed by atoms with Crippen LogP contribution in [0.25, 0.3) is 56.2 Å². The van der Waals surface area contributed by atoms with Crippen molar-refractivity contribution >= 4 is 11.8 Å². The smallest absolute Gasteiger partial charge is 0.160 e. The summed E-state index contributed by atoms with van der Waals surface area (Å²) in [5.41, 5.74) is 14.6. The van der Waals surface area contributed by atoms with Crippen LogP contribution < -0.4 is 0 Å². The van der Waals surface area contributed by atoms with Crippen molar-refractivity contribution in [2.75, 3.05) is 0 Å². The molecule has 1 aliphatic heterocycles. The molecule has 2 heterocycles. The first-order chi connectivity index (χ1) is 25.7. The quantitative estimate of drug-likeness (QED) is 0.186. The Hall–Kier alpha value is -6.54. The van der Waals surface area contributed by atoms with E-state index in [0.717, 1.165) is 39.2 Å². The molecule has 0 atom stereocenters. The maximum absolute atomic E-state index is 9.72. The largest absolute Gasteiger partial charge is 0.228 e. The Balaban J connectivity index is 1.20. The second-order valence-electron chi connectivity index (χ2n) is 13.2. The van der Waals surface area contributed by atoms with E-state index in [4.69, 9.17) is 9.97 Å². The van der Waals surface area contributed by atoms with Crippen molar-refractivity contribution in [1.82, 2.24) is 9.97 Å². The summed E-state index contributed by atoms with van der Waals surface area (Å²) in [6.07, 6.45) is 0. The third-order valence-electron chi connectivity index (χ3n) is 10.4. The van der Waals surface area contributed by atoms with E-state index in [0.29, 0.717) is 11.4 Å². The van der Waals surface area contributed by atoms with Crippen LogP contribution in [0.2, 0.25) is 0 Å². The summed E-state index contributed by atoms with van der Waals surface area (Å²) in [5, 5.41) is 9.72. The molecule has 0 fully saturated rings. The summed E-state index contributed by atoms with van der Waals surface area (Å²) in [5.74, 6) is 0.678. The lowest BCUT2D eigenvalue weighted by Crippen LogP contribution is -2.32. The molecule has 7 aromatic carbocycles. The molecule has 52 heavy (non-hydrogen) atoms. The molecule has 2 aliphatic rings. The van der Waals surface area contributed by atoms with E-state index in [2.05, 4.69) is 140 Å². The predicted octanol–water partition coefficient (Wildman–Crippen LogP) is 11.8. The van der Waals surface area contributed by atoms with Crippen LogP contribution >= 0.6 is 11.8 Å². The van der Waals surface area contributed by atoms with Crippen molar-refractivity contribution in [3.63, 3.8) is 0 Å². The number of hydrogen-bond acceptors (Lipinski definition) is 4. The predicted molar refractivity (Wildman–Crippen MR) is 210 cm³/mol. The average molecular weight is 680 g/mol. The summed E-state index contributed by atoms with van der Waals surface area (Å²) in [7, 11) is 0. The zero-order chi connectivity index (χ0) is 34.6. The van der Waals surface area contributed by atoms with E-state index >= 15 is 0 Å². The van der Waals surface area contributed by atoms with Crippen LogP contribution in [-0.4, -0.2) is 9.97 Å². The van der Waals surface area contributed by atoms with Gasteiger partial charge in [0.1, 0.15) is 0 Å². The highest BCUT2D eigenvalue weighted by Crippen LogP contribution is 2.63. The lowest BCUT2D eigenvalue weighted by molar-refractivity contribution is 0.723. The minimum Gasteiger partial charge on any atom is -0.228 e. The van der Waals surface area contributed by atoms with Crippen LogP contribution in [0, 0.1) is 11.3 Å². The van der Waals surface area contributed by atoms with Gasteiger partial charge in [-0.2, -0.15) is 5.26 Å². The van der Waals surface area contributed by atoms with Gasteiger partial charge in [-0.3, -0.25) is 0 Å². The molecule has 8 aromatic rings. The minimum atomic E-state index is -0.464. The van der Waals surface area contributed by atoms with E-state index in [-0.39, 0.29) is 0 Å². The molecular formula is C48H29N3S. The highest BCUT2D eigenvalue weighted by molar-refractivity contribution is 7.99. The van der Waals surface area contributed by atoms with Crippen LogP contribution in [0.3, 0.4) is 0 Å². The molecule has 1 spiro atoms. The van der Waals surface area contributed by atoms with Gasteiger partial charge in [0.05, 0.1) is 28.4 Å². The molecule has 0 saturated carbocycles. The van der Waals surface area contributed by atoms with Crippen LogP contribution in [-0.2, 0) is 5.41 Å². The van der Waals surface area contributed by atoms with Crippen LogP contribution in [0.4, 0.5) is 0 Å². The van der Waals surface area contributed by atoms with Crippen LogP contribution in [0.15, 0.2) is 186 Å². The number of aromatic nitrogens is 2. The molecule has 1 aliphatic carbocycles. The Morgan fingerprint density at radius 2 is 1.00 bits per heavy atom. The van der Waals surface area contributed by atoms with Gasteiger partial charge in [-0.15, -0.1) is 0 Å². The summed E-state index contributed by atoms with van der Waals surface area (Å²) < 4.78 is 0. The molecule has 0 N–H and O–H groups in total. The lowest BCUT2D eigenvalue weighted by atomic mass is 9.67. The van der Waals surface area contributed by atoms with Gasteiger partial charge >= 0.3 is 0 Å². The van der Waals surface area contributed by atoms with E-state index in [1.54, 1.807) is 0 Å². The van der Waals surface area contributed by atoms with Crippen molar-refractivity contribution in [3.8, 4) is 62.2 Å². The van der Waals surface area contributed by atoms with Crippen molar-refractivity contribution in [2.24, 2.45) is 0 Å². The Bertz CT molecular complexity index is 2680. The molecule has 242 valence electrons. The first kappa shape index (κ1) is 30.3. The van der Waals surface area contributed by atoms with Crippen molar-refractivity contribution in [1.29, 1.82) is 5.26 Å². The van der Waals surface area contributed by atoms with Gasteiger partial charge in [0.2, 0.25) is 0 Å². The molecule has 4 heteroatoms. The molecule has 1 aromatic heterocycles. The minimum absolute atomic E-state index is 0.464. The Labute approximate surface area is 307 Å². The van der Waals surface area contributed by atoms with Crippen LogP contribution in [0.5, 0.6) is 0 Å². The Morgan fingerprint density at radius 1 is 0.442 bits per heavy atom. The molecule has 10 rings (SSSR count). The summed E-state index contributed by atoms with van der Waals surface area (Å²) in [6.45, 7) is 0. The van der Waals surface area contributed by atoms with Crippen molar-refractivity contribution in [2.45, 2.75) is 15.2 Å². The van der Waals surface area contributed by atoms with Crippen molar-refractivity contribution in [3.05, 3.63) is 204 Å². The van der Waals surface area contributed by atoms with E-state index in [1.165, 1.54) is 43.2 Å². The Morgan fingerprint density at radius 3 is 1.73 bits per heavy atom. The lowest BCUT2D eigenvalue weighted by Gasteiger charge is -2.40. The first-order valence-corrected chi connectivity index (χ1v) is 18.2. The van der Waals surface area contributed by atoms with Gasteiger partial charge < -0.3 is 0 Å². The van der Waals surface area contributed by atoms with E-state index in [1.807, 2.05) is 54.2 Å². The highest BCUT2D eigenvalue weighted by atomic mass is 32.2. The number of rotatable bonds is 4.